The standard InChI is InChI=1S/C22H22F5N7O2/c1-31-19(36)14-10-29-34(11-16(23)24)18(14)30-20(31)32-6-4-21(5-7-32)8-17(35)33(12-21)13-2-3-15(28-9-13)22(25,26)27/h2-3,9-10,16H,4-8,11-12H2,1H3. The molecule has 2 saturated heterocycles. The molecule has 5 rings (SSSR count). The Morgan fingerprint density at radius 1 is 1.11 bits per heavy atom. The number of alkyl halides is 5. The number of halogens is 5. The summed E-state index contributed by atoms with van der Waals surface area (Å²) in [5, 5.41) is 4.03. The number of amides is 1. The van der Waals surface area contributed by atoms with Crippen LogP contribution in [0.2, 0.25) is 0 Å². The van der Waals surface area contributed by atoms with E-state index in [0.29, 0.717) is 44.1 Å². The van der Waals surface area contributed by atoms with Gasteiger partial charge in [0, 0.05) is 38.5 Å². The van der Waals surface area contributed by atoms with Crippen LogP contribution in [0.4, 0.5) is 33.6 Å². The van der Waals surface area contributed by atoms with Crippen molar-refractivity contribution in [1.29, 1.82) is 0 Å². The number of nitrogens with zero attached hydrogens (tertiary/aromatic N) is 7. The molecule has 36 heavy (non-hydrogen) atoms. The molecule has 0 saturated carbocycles. The van der Waals surface area contributed by atoms with Gasteiger partial charge in [0.05, 0.1) is 18.1 Å². The first-order chi connectivity index (χ1) is 17.0. The van der Waals surface area contributed by atoms with Crippen LogP contribution in [0.15, 0.2) is 29.3 Å². The van der Waals surface area contributed by atoms with Crippen LogP contribution in [-0.2, 0) is 24.6 Å². The summed E-state index contributed by atoms with van der Waals surface area (Å²) < 4.78 is 66.7. The van der Waals surface area contributed by atoms with Gasteiger partial charge in [-0.25, -0.2) is 18.4 Å². The van der Waals surface area contributed by atoms with Crippen molar-refractivity contribution in [2.24, 2.45) is 12.5 Å². The highest BCUT2D eigenvalue weighted by atomic mass is 19.4. The van der Waals surface area contributed by atoms with Crippen molar-refractivity contribution in [3.8, 4) is 0 Å². The van der Waals surface area contributed by atoms with Crippen LogP contribution < -0.4 is 15.4 Å². The van der Waals surface area contributed by atoms with E-state index >= 15 is 0 Å². The van der Waals surface area contributed by atoms with Crippen molar-refractivity contribution >= 4 is 28.6 Å². The summed E-state index contributed by atoms with van der Waals surface area (Å²) in [6.45, 7) is 0.588. The quantitative estimate of drug-likeness (QED) is 0.501. The topological polar surface area (TPSA) is 89.2 Å². The van der Waals surface area contributed by atoms with E-state index in [-0.39, 0.29) is 28.8 Å². The molecule has 0 bridgehead atoms. The normalized spacial score (nSPS) is 18.2. The molecule has 0 atom stereocenters. The first-order valence-electron chi connectivity index (χ1n) is 11.3. The summed E-state index contributed by atoms with van der Waals surface area (Å²) in [4.78, 5) is 36.8. The van der Waals surface area contributed by atoms with Gasteiger partial charge in [-0.2, -0.15) is 23.3 Å². The average molecular weight is 511 g/mol. The SMILES string of the molecule is Cn1c(N2CCC3(CC2)CC(=O)N(c2ccc(C(F)(F)F)nc2)C3)nc2c(cnn2CC(F)F)c1=O. The van der Waals surface area contributed by atoms with Crippen LogP contribution in [0.1, 0.15) is 25.0 Å². The summed E-state index contributed by atoms with van der Waals surface area (Å²) in [7, 11) is 1.55. The first kappa shape index (κ1) is 24.1. The fourth-order valence-corrected chi connectivity index (χ4v) is 5.00. The number of aromatic nitrogens is 5. The summed E-state index contributed by atoms with van der Waals surface area (Å²) in [6, 6.07) is 2.11. The van der Waals surface area contributed by atoms with Crippen molar-refractivity contribution in [2.75, 3.05) is 29.4 Å². The van der Waals surface area contributed by atoms with Gasteiger partial charge >= 0.3 is 6.18 Å². The van der Waals surface area contributed by atoms with Crippen LogP contribution in [0.5, 0.6) is 0 Å². The summed E-state index contributed by atoms with van der Waals surface area (Å²) in [6.07, 6.45) is -3.52. The zero-order valence-electron chi connectivity index (χ0n) is 19.2. The van der Waals surface area contributed by atoms with Gasteiger partial charge in [-0.15, -0.1) is 0 Å². The Morgan fingerprint density at radius 3 is 2.44 bits per heavy atom. The minimum absolute atomic E-state index is 0.0886. The number of carbonyl (C=O) groups excluding carboxylic acids is 1. The Kier molecular flexibility index (Phi) is 5.71. The average Bonchev–Trinajstić information content (AvgIpc) is 3.36. The highest BCUT2D eigenvalue weighted by molar-refractivity contribution is 5.96. The number of fused-ring (bicyclic) bond motifs is 1. The van der Waals surface area contributed by atoms with Crippen molar-refractivity contribution in [3.63, 3.8) is 0 Å². The molecule has 0 aliphatic carbocycles. The molecule has 3 aromatic heterocycles. The predicted octanol–water partition coefficient (Wildman–Crippen LogP) is 2.83. The fourth-order valence-electron chi connectivity index (χ4n) is 5.00. The predicted molar refractivity (Wildman–Crippen MR) is 119 cm³/mol. The Morgan fingerprint density at radius 2 is 1.83 bits per heavy atom. The lowest BCUT2D eigenvalue weighted by molar-refractivity contribution is -0.141. The molecular weight excluding hydrogens is 489 g/mol. The maximum absolute atomic E-state index is 12.9. The maximum atomic E-state index is 12.9. The lowest BCUT2D eigenvalue weighted by Gasteiger charge is -2.39. The fraction of sp³-hybridized carbons (Fsp3) is 0.500. The molecule has 5 heterocycles. The Hall–Kier alpha value is -3.58. The van der Waals surface area contributed by atoms with Gasteiger partial charge in [0.1, 0.15) is 17.6 Å². The van der Waals surface area contributed by atoms with E-state index in [1.54, 1.807) is 7.05 Å². The molecule has 0 unspecified atom stereocenters. The number of hydrogen-bond acceptors (Lipinski definition) is 6. The van der Waals surface area contributed by atoms with Crippen molar-refractivity contribution in [2.45, 2.75) is 38.4 Å². The van der Waals surface area contributed by atoms with E-state index in [2.05, 4.69) is 15.1 Å². The van der Waals surface area contributed by atoms with Crippen molar-refractivity contribution < 1.29 is 26.7 Å². The molecule has 192 valence electrons. The van der Waals surface area contributed by atoms with Crippen molar-refractivity contribution in [3.05, 3.63) is 40.6 Å². The van der Waals surface area contributed by atoms with Gasteiger partial charge in [-0.1, -0.05) is 0 Å². The third-order valence-electron chi connectivity index (χ3n) is 6.94. The second kappa shape index (κ2) is 8.52. The number of hydrogen-bond donors (Lipinski definition) is 0. The lowest BCUT2D eigenvalue weighted by Crippen LogP contribution is -2.44. The van der Waals surface area contributed by atoms with Gasteiger partial charge in [-0.3, -0.25) is 14.2 Å². The van der Waals surface area contributed by atoms with E-state index in [1.165, 1.54) is 21.7 Å². The molecule has 1 amide bonds. The van der Waals surface area contributed by atoms with Gasteiger partial charge in [0.2, 0.25) is 11.9 Å². The second-order valence-electron chi connectivity index (χ2n) is 9.27. The number of anilines is 2. The largest absolute Gasteiger partial charge is 0.433 e. The molecule has 9 nitrogen and oxygen atoms in total. The smallest absolute Gasteiger partial charge is 0.342 e. The third kappa shape index (κ3) is 4.17. The van der Waals surface area contributed by atoms with Gasteiger partial charge in [0.15, 0.2) is 5.65 Å². The molecule has 3 aromatic rings. The van der Waals surface area contributed by atoms with E-state index in [4.69, 9.17) is 0 Å². The molecule has 0 N–H and O–H groups in total. The second-order valence-corrected chi connectivity index (χ2v) is 9.27. The Bertz CT molecular complexity index is 1360. The highest BCUT2D eigenvalue weighted by Crippen LogP contribution is 2.43. The summed E-state index contributed by atoms with van der Waals surface area (Å²) in [5.41, 5.74) is -1.39. The van der Waals surface area contributed by atoms with Crippen LogP contribution in [0.3, 0.4) is 0 Å². The lowest BCUT2D eigenvalue weighted by atomic mass is 9.77. The molecule has 2 aliphatic heterocycles. The zero-order valence-corrected chi connectivity index (χ0v) is 19.2. The molecule has 0 radical (unpaired) electrons. The minimum atomic E-state index is -4.56. The molecule has 2 aliphatic rings. The third-order valence-corrected chi connectivity index (χ3v) is 6.94. The van der Waals surface area contributed by atoms with Crippen molar-refractivity contribution in [1.82, 2.24) is 24.3 Å². The van der Waals surface area contributed by atoms with E-state index in [1.807, 2.05) is 4.90 Å². The molecular formula is C22H22F5N7O2. The minimum Gasteiger partial charge on any atom is -0.342 e. The maximum Gasteiger partial charge on any atom is 0.433 e. The number of carbonyl (C=O) groups is 1. The molecule has 2 fully saturated rings. The van der Waals surface area contributed by atoms with Gasteiger partial charge in [-0.05, 0) is 25.0 Å². The summed E-state index contributed by atoms with van der Waals surface area (Å²) >= 11 is 0. The molecule has 0 aromatic carbocycles. The van der Waals surface area contributed by atoms with Gasteiger partial charge < -0.3 is 9.80 Å². The highest BCUT2D eigenvalue weighted by Gasteiger charge is 2.46. The Balaban J connectivity index is 1.34. The van der Waals surface area contributed by atoms with Gasteiger partial charge in [0.25, 0.3) is 12.0 Å². The van der Waals surface area contributed by atoms with Crippen LogP contribution in [0, 0.1) is 5.41 Å². The van der Waals surface area contributed by atoms with E-state index in [0.717, 1.165) is 16.9 Å². The summed E-state index contributed by atoms with van der Waals surface area (Å²) in [5.74, 6) is 0.138. The van der Waals surface area contributed by atoms with E-state index < -0.39 is 30.4 Å². The zero-order chi connectivity index (χ0) is 25.8. The van der Waals surface area contributed by atoms with Crippen LogP contribution in [0.25, 0.3) is 11.0 Å². The monoisotopic (exact) mass is 511 g/mol. The van der Waals surface area contributed by atoms with E-state index in [9.17, 15) is 31.5 Å². The first-order valence-corrected chi connectivity index (χ1v) is 11.3. The Labute approximate surface area is 201 Å². The molecule has 14 heteroatoms. The number of piperidine rings is 1. The van der Waals surface area contributed by atoms with Crippen LogP contribution >= 0.6 is 0 Å². The number of rotatable bonds is 4. The van der Waals surface area contributed by atoms with Crippen LogP contribution in [-0.4, -0.2) is 56.3 Å². The molecule has 1 spiro atoms. The number of pyridine rings is 1.